The van der Waals surface area contributed by atoms with Crippen LogP contribution in [-0.4, -0.2) is 25.7 Å². The van der Waals surface area contributed by atoms with Gasteiger partial charge in [-0.15, -0.1) is 0 Å². The average Bonchev–Trinajstić information content (AvgIpc) is 2.85. The van der Waals surface area contributed by atoms with E-state index < -0.39 is 18.0 Å². The highest BCUT2D eigenvalue weighted by molar-refractivity contribution is 5.88. The maximum Gasteiger partial charge on any atom is 0.331 e. The monoisotopic (exact) mass is 442 g/mol. The van der Waals surface area contributed by atoms with Gasteiger partial charge < -0.3 is 14.2 Å². The first-order chi connectivity index (χ1) is 16.1. The van der Waals surface area contributed by atoms with E-state index in [2.05, 4.69) is 0 Å². The largest absolute Gasteiger partial charge is 0.496 e. The van der Waals surface area contributed by atoms with Gasteiger partial charge in [-0.25, -0.2) is 9.59 Å². The van der Waals surface area contributed by atoms with Crippen molar-refractivity contribution < 1.29 is 23.8 Å². The Bertz CT molecular complexity index is 1120. The Hall–Kier alpha value is -4.12. The van der Waals surface area contributed by atoms with Gasteiger partial charge in [0, 0.05) is 17.7 Å². The summed E-state index contributed by atoms with van der Waals surface area (Å²) >= 11 is 0. The first-order valence-corrected chi connectivity index (χ1v) is 10.5. The molecule has 0 saturated heterocycles. The van der Waals surface area contributed by atoms with Crippen molar-refractivity contribution in [1.82, 2.24) is 0 Å². The Kier molecular flexibility index (Phi) is 8.60. The molecule has 168 valence electrons. The molecule has 0 aliphatic carbocycles. The van der Waals surface area contributed by atoms with Gasteiger partial charge in [0.2, 0.25) is 0 Å². The Balaban J connectivity index is 1.73. The number of para-hydroxylation sites is 1. The number of benzene rings is 3. The van der Waals surface area contributed by atoms with Crippen LogP contribution < -0.4 is 4.74 Å². The van der Waals surface area contributed by atoms with Crippen molar-refractivity contribution in [3.05, 3.63) is 113 Å². The van der Waals surface area contributed by atoms with Crippen molar-refractivity contribution in [3.8, 4) is 5.75 Å². The second-order valence-electron chi connectivity index (χ2n) is 7.24. The zero-order valence-electron chi connectivity index (χ0n) is 18.6. The lowest BCUT2D eigenvalue weighted by Crippen LogP contribution is -2.18. The van der Waals surface area contributed by atoms with Crippen molar-refractivity contribution in [3.63, 3.8) is 0 Å². The van der Waals surface area contributed by atoms with E-state index in [9.17, 15) is 9.59 Å². The molecule has 0 radical (unpaired) electrons. The summed E-state index contributed by atoms with van der Waals surface area (Å²) in [4.78, 5) is 24.8. The molecule has 0 amide bonds. The molecule has 0 saturated carbocycles. The van der Waals surface area contributed by atoms with Gasteiger partial charge in [-0.2, -0.15) is 0 Å². The van der Waals surface area contributed by atoms with Crippen molar-refractivity contribution in [1.29, 1.82) is 0 Å². The molecule has 0 N–H and O–H groups in total. The third-order valence-corrected chi connectivity index (χ3v) is 4.85. The zero-order chi connectivity index (χ0) is 23.5. The lowest BCUT2D eigenvalue weighted by atomic mass is 10.0. The predicted molar refractivity (Wildman–Crippen MR) is 128 cm³/mol. The third kappa shape index (κ3) is 7.21. The van der Waals surface area contributed by atoms with E-state index in [1.807, 2.05) is 79.7 Å². The van der Waals surface area contributed by atoms with Gasteiger partial charge in [0.25, 0.3) is 0 Å². The van der Waals surface area contributed by atoms with E-state index in [1.165, 1.54) is 12.2 Å². The molecule has 1 atom stereocenters. The summed E-state index contributed by atoms with van der Waals surface area (Å²) < 4.78 is 16.6. The number of ether oxygens (including phenoxy) is 3. The van der Waals surface area contributed by atoms with Crippen LogP contribution in [-0.2, 0) is 19.1 Å². The molecule has 5 nitrogen and oxygen atoms in total. The summed E-state index contributed by atoms with van der Waals surface area (Å²) in [6.07, 6.45) is 5.20. The Morgan fingerprint density at radius 2 is 1.36 bits per heavy atom. The first-order valence-electron chi connectivity index (χ1n) is 10.5. The summed E-state index contributed by atoms with van der Waals surface area (Å²) in [6, 6.07) is 24.4. The Labute approximate surface area is 193 Å². The molecule has 5 heteroatoms. The van der Waals surface area contributed by atoms with Crippen LogP contribution >= 0.6 is 0 Å². The van der Waals surface area contributed by atoms with Crippen LogP contribution in [0.3, 0.4) is 0 Å². The summed E-state index contributed by atoms with van der Waals surface area (Å²) in [5.74, 6) is -0.507. The lowest BCUT2D eigenvalue weighted by molar-refractivity contribution is -0.153. The van der Waals surface area contributed by atoms with E-state index >= 15 is 0 Å². The van der Waals surface area contributed by atoms with Crippen molar-refractivity contribution in [2.45, 2.75) is 13.0 Å². The number of hydrogen-bond acceptors (Lipinski definition) is 5. The van der Waals surface area contributed by atoms with Crippen LogP contribution in [0.25, 0.3) is 12.2 Å². The number of rotatable bonds is 9. The number of hydrogen-bond donors (Lipinski definition) is 0. The van der Waals surface area contributed by atoms with E-state index in [-0.39, 0.29) is 6.61 Å². The smallest absolute Gasteiger partial charge is 0.331 e. The van der Waals surface area contributed by atoms with Crippen LogP contribution in [0.1, 0.15) is 28.4 Å². The predicted octanol–water partition coefficient (Wildman–Crippen LogP) is 5.56. The van der Waals surface area contributed by atoms with Gasteiger partial charge in [0.1, 0.15) is 12.4 Å². The first kappa shape index (κ1) is 23.5. The molecule has 0 aromatic heterocycles. The molecule has 0 unspecified atom stereocenters. The fourth-order valence-electron chi connectivity index (χ4n) is 3.24. The fourth-order valence-corrected chi connectivity index (χ4v) is 3.24. The normalized spacial score (nSPS) is 11.9. The maximum atomic E-state index is 12.5. The van der Waals surface area contributed by atoms with Gasteiger partial charge in [-0.05, 0) is 35.8 Å². The van der Waals surface area contributed by atoms with E-state index in [4.69, 9.17) is 14.2 Å². The summed E-state index contributed by atoms with van der Waals surface area (Å²) in [5.41, 5.74) is 3.26. The highest BCUT2D eigenvalue weighted by Crippen LogP contribution is 2.31. The molecule has 3 rings (SSSR count). The van der Waals surface area contributed by atoms with Crippen LogP contribution in [0.15, 0.2) is 91.0 Å². The zero-order valence-corrected chi connectivity index (χ0v) is 18.6. The summed E-state index contributed by atoms with van der Waals surface area (Å²) in [5, 5.41) is 0. The van der Waals surface area contributed by atoms with Crippen LogP contribution in [0.5, 0.6) is 5.75 Å². The van der Waals surface area contributed by atoms with Gasteiger partial charge >= 0.3 is 11.9 Å². The average molecular weight is 443 g/mol. The second kappa shape index (κ2) is 12.1. The number of carbonyl (C=O) groups excluding carboxylic acids is 2. The fraction of sp³-hybridized carbons (Fsp3) is 0.143. The maximum absolute atomic E-state index is 12.5. The molecule has 0 fully saturated rings. The lowest BCUT2D eigenvalue weighted by Gasteiger charge is -2.20. The summed E-state index contributed by atoms with van der Waals surface area (Å²) in [7, 11) is 1.55. The standard InChI is InChI=1S/C28H26O5/c1-21-10-9-15-24(28(21)31-2)25(33-27(30)19-17-23-13-7-4-8-14-23)20-32-26(29)18-16-22-11-5-3-6-12-22/h3-19,25H,20H2,1-2H3/b18-16+,19-17+/t25-/m1/s1. The van der Waals surface area contributed by atoms with Crippen LogP contribution in [0.4, 0.5) is 0 Å². The quantitative estimate of drug-likeness (QED) is 0.321. The molecule has 3 aromatic carbocycles. The number of esters is 2. The van der Waals surface area contributed by atoms with Crippen LogP contribution in [0.2, 0.25) is 0 Å². The minimum atomic E-state index is -0.832. The van der Waals surface area contributed by atoms with Crippen molar-refractivity contribution in [2.24, 2.45) is 0 Å². The molecule has 0 aliphatic heterocycles. The topological polar surface area (TPSA) is 61.8 Å². The van der Waals surface area contributed by atoms with Gasteiger partial charge in [0.15, 0.2) is 6.10 Å². The van der Waals surface area contributed by atoms with Crippen molar-refractivity contribution >= 4 is 24.1 Å². The minimum Gasteiger partial charge on any atom is -0.496 e. The van der Waals surface area contributed by atoms with Gasteiger partial charge in [0.05, 0.1) is 7.11 Å². The highest BCUT2D eigenvalue weighted by atomic mass is 16.6. The van der Waals surface area contributed by atoms with Crippen LogP contribution in [0, 0.1) is 6.92 Å². The number of aryl methyl sites for hydroxylation is 1. The SMILES string of the molecule is COc1c(C)cccc1[C@@H](COC(=O)/C=C/c1ccccc1)OC(=O)/C=C/c1ccccc1. The molecule has 0 heterocycles. The van der Waals surface area contributed by atoms with Gasteiger partial charge in [-0.3, -0.25) is 0 Å². The minimum absolute atomic E-state index is 0.150. The van der Waals surface area contributed by atoms with E-state index in [0.717, 1.165) is 16.7 Å². The summed E-state index contributed by atoms with van der Waals surface area (Å²) in [6.45, 7) is 1.74. The molecule has 0 aliphatic rings. The molecular weight excluding hydrogens is 416 g/mol. The van der Waals surface area contributed by atoms with Crippen molar-refractivity contribution in [2.75, 3.05) is 13.7 Å². The Morgan fingerprint density at radius 1 is 0.788 bits per heavy atom. The molecule has 3 aromatic rings. The molecule has 0 spiro atoms. The van der Waals surface area contributed by atoms with E-state index in [0.29, 0.717) is 11.3 Å². The molecular formula is C28H26O5. The third-order valence-electron chi connectivity index (χ3n) is 4.85. The molecule has 0 bridgehead atoms. The number of methoxy groups -OCH3 is 1. The number of carbonyl (C=O) groups is 2. The highest BCUT2D eigenvalue weighted by Gasteiger charge is 2.22. The van der Waals surface area contributed by atoms with E-state index in [1.54, 1.807) is 25.3 Å². The second-order valence-corrected chi connectivity index (χ2v) is 7.24. The molecule has 33 heavy (non-hydrogen) atoms. The Morgan fingerprint density at radius 3 is 1.94 bits per heavy atom. The van der Waals surface area contributed by atoms with Gasteiger partial charge in [-0.1, -0.05) is 78.9 Å².